The molecule has 1 unspecified atom stereocenters. The van der Waals surface area contributed by atoms with Gasteiger partial charge < -0.3 is 5.32 Å². The summed E-state index contributed by atoms with van der Waals surface area (Å²) in [5.74, 6) is -0.354. The largest absolute Gasteiger partial charge is 0.345 e. The van der Waals surface area contributed by atoms with Crippen LogP contribution in [-0.4, -0.2) is 26.1 Å². The van der Waals surface area contributed by atoms with Crippen molar-refractivity contribution in [2.45, 2.75) is 6.04 Å². The maximum atomic E-state index is 11.9. The quantitative estimate of drug-likeness (QED) is 0.899. The van der Waals surface area contributed by atoms with Crippen molar-refractivity contribution < 1.29 is 13.2 Å². The molecule has 0 saturated carbocycles. The zero-order chi connectivity index (χ0) is 12.5. The number of nitrogens with one attached hydrogen (secondary N) is 1. The minimum Gasteiger partial charge on any atom is -0.345 e. The Kier molecular flexibility index (Phi) is 3.35. The zero-order valence-electron chi connectivity index (χ0n) is 8.76. The lowest BCUT2D eigenvalue weighted by Crippen LogP contribution is -2.35. The Hall–Kier alpha value is -1.14. The first kappa shape index (κ1) is 12.3. The van der Waals surface area contributed by atoms with Crippen LogP contribution in [0, 0.1) is 0 Å². The standard InChI is InChI=1S/C11H10BrNO3S/c12-10-4-2-1-3-9(10)11(14)13-8-5-6-17(15,16)7-8/h1-6,8H,7H2,(H,13,14). The summed E-state index contributed by atoms with van der Waals surface area (Å²) in [5.41, 5.74) is 0.491. The Bertz CT molecular complexity index is 580. The van der Waals surface area contributed by atoms with E-state index in [2.05, 4.69) is 21.2 Å². The van der Waals surface area contributed by atoms with Crippen molar-refractivity contribution >= 4 is 31.7 Å². The molecule has 0 bridgehead atoms. The van der Waals surface area contributed by atoms with Gasteiger partial charge in [0.15, 0.2) is 9.84 Å². The summed E-state index contributed by atoms with van der Waals surface area (Å²) in [6.07, 6.45) is 1.49. The molecule has 4 nitrogen and oxygen atoms in total. The Morgan fingerprint density at radius 3 is 2.65 bits per heavy atom. The summed E-state index contributed by atoms with van der Waals surface area (Å²) >= 11 is 3.27. The van der Waals surface area contributed by atoms with Crippen molar-refractivity contribution in [1.82, 2.24) is 5.32 Å². The number of hydrogen-bond acceptors (Lipinski definition) is 3. The summed E-state index contributed by atoms with van der Waals surface area (Å²) in [6.45, 7) is 0. The van der Waals surface area contributed by atoms with Crippen LogP contribution in [-0.2, 0) is 9.84 Å². The molecule has 1 aromatic carbocycles. The van der Waals surface area contributed by atoms with E-state index in [9.17, 15) is 13.2 Å². The van der Waals surface area contributed by atoms with Gasteiger partial charge in [-0.2, -0.15) is 0 Å². The van der Waals surface area contributed by atoms with Crippen LogP contribution in [0.2, 0.25) is 0 Å². The number of hydrogen-bond donors (Lipinski definition) is 1. The highest BCUT2D eigenvalue weighted by Gasteiger charge is 2.23. The van der Waals surface area contributed by atoms with E-state index in [1.165, 1.54) is 6.08 Å². The SMILES string of the molecule is O=C(NC1C=CS(=O)(=O)C1)c1ccccc1Br. The second kappa shape index (κ2) is 4.62. The monoisotopic (exact) mass is 315 g/mol. The normalized spacial score (nSPS) is 21.4. The van der Waals surface area contributed by atoms with E-state index in [1.54, 1.807) is 24.3 Å². The molecule has 0 spiro atoms. The first-order chi connectivity index (χ1) is 7.98. The number of benzene rings is 1. The molecule has 1 amide bonds. The van der Waals surface area contributed by atoms with Crippen LogP contribution in [0.25, 0.3) is 0 Å². The summed E-state index contributed by atoms with van der Waals surface area (Å²) < 4.78 is 23.0. The third-order valence-corrected chi connectivity index (χ3v) is 4.45. The summed E-state index contributed by atoms with van der Waals surface area (Å²) in [7, 11) is -3.14. The van der Waals surface area contributed by atoms with E-state index < -0.39 is 15.9 Å². The van der Waals surface area contributed by atoms with Gasteiger partial charge in [0.05, 0.1) is 17.4 Å². The molecule has 1 aromatic rings. The molecule has 1 heterocycles. The lowest BCUT2D eigenvalue weighted by atomic mass is 10.2. The van der Waals surface area contributed by atoms with Gasteiger partial charge in [0.25, 0.3) is 5.91 Å². The molecule has 2 rings (SSSR count). The van der Waals surface area contributed by atoms with Gasteiger partial charge >= 0.3 is 0 Å². The zero-order valence-corrected chi connectivity index (χ0v) is 11.2. The van der Waals surface area contributed by atoms with Crippen LogP contribution in [0.5, 0.6) is 0 Å². The molecule has 0 aromatic heterocycles. The summed E-state index contributed by atoms with van der Waals surface area (Å²) in [6, 6.07) is 6.55. The number of rotatable bonds is 2. The van der Waals surface area contributed by atoms with Gasteiger partial charge in [-0.05, 0) is 34.1 Å². The fourth-order valence-corrected chi connectivity index (χ4v) is 3.26. The van der Waals surface area contributed by atoms with Gasteiger partial charge in [-0.25, -0.2) is 8.42 Å². The Labute approximate surface area is 108 Å². The van der Waals surface area contributed by atoms with E-state index in [0.717, 1.165) is 5.41 Å². The average molecular weight is 316 g/mol. The fourth-order valence-electron chi connectivity index (χ4n) is 1.56. The van der Waals surface area contributed by atoms with Crippen LogP contribution in [0.1, 0.15) is 10.4 Å². The van der Waals surface area contributed by atoms with Gasteiger partial charge in [-0.15, -0.1) is 0 Å². The maximum Gasteiger partial charge on any atom is 0.252 e. The van der Waals surface area contributed by atoms with Gasteiger partial charge in [0.1, 0.15) is 0 Å². The topological polar surface area (TPSA) is 63.2 Å². The van der Waals surface area contributed by atoms with Gasteiger partial charge in [-0.3, -0.25) is 4.79 Å². The first-order valence-corrected chi connectivity index (χ1v) is 7.45. The molecular weight excluding hydrogens is 306 g/mol. The summed E-state index contributed by atoms with van der Waals surface area (Å²) in [5, 5.41) is 3.79. The molecular formula is C11H10BrNO3S. The molecule has 0 radical (unpaired) electrons. The van der Waals surface area contributed by atoms with E-state index >= 15 is 0 Å². The van der Waals surface area contributed by atoms with Crippen LogP contribution in [0.3, 0.4) is 0 Å². The minimum atomic E-state index is -3.14. The predicted molar refractivity (Wildman–Crippen MR) is 68.3 cm³/mol. The Morgan fingerprint density at radius 1 is 1.35 bits per heavy atom. The lowest BCUT2D eigenvalue weighted by molar-refractivity contribution is 0.0947. The second-order valence-electron chi connectivity index (χ2n) is 3.72. The molecule has 0 aliphatic carbocycles. The van der Waals surface area contributed by atoms with Crippen LogP contribution in [0.15, 0.2) is 40.2 Å². The highest BCUT2D eigenvalue weighted by molar-refractivity contribution is 9.10. The Balaban J connectivity index is 2.09. The maximum absolute atomic E-state index is 11.9. The average Bonchev–Trinajstić information content (AvgIpc) is 2.58. The van der Waals surface area contributed by atoms with Gasteiger partial charge in [0.2, 0.25) is 0 Å². The van der Waals surface area contributed by atoms with Crippen molar-refractivity contribution in [3.05, 3.63) is 45.8 Å². The molecule has 0 saturated heterocycles. The second-order valence-corrected chi connectivity index (χ2v) is 6.50. The van der Waals surface area contributed by atoms with Crippen LogP contribution >= 0.6 is 15.9 Å². The number of carbonyl (C=O) groups is 1. The van der Waals surface area contributed by atoms with Crippen molar-refractivity contribution in [1.29, 1.82) is 0 Å². The predicted octanol–water partition coefficient (Wildman–Crippen LogP) is 1.49. The van der Waals surface area contributed by atoms with Crippen molar-refractivity contribution in [2.24, 2.45) is 0 Å². The molecule has 90 valence electrons. The smallest absolute Gasteiger partial charge is 0.252 e. The summed E-state index contributed by atoms with van der Waals surface area (Å²) in [4.78, 5) is 11.9. The third kappa shape index (κ3) is 2.95. The van der Waals surface area contributed by atoms with Crippen LogP contribution in [0.4, 0.5) is 0 Å². The van der Waals surface area contributed by atoms with Crippen molar-refractivity contribution in [3.8, 4) is 0 Å². The minimum absolute atomic E-state index is 0.0663. The van der Waals surface area contributed by atoms with Gasteiger partial charge in [-0.1, -0.05) is 12.1 Å². The third-order valence-electron chi connectivity index (χ3n) is 2.37. The van der Waals surface area contributed by atoms with E-state index in [-0.39, 0.29) is 11.7 Å². The molecule has 17 heavy (non-hydrogen) atoms. The number of carbonyl (C=O) groups excluding carboxylic acids is 1. The first-order valence-electron chi connectivity index (χ1n) is 4.94. The molecule has 6 heteroatoms. The molecule has 1 aliphatic heterocycles. The number of sulfone groups is 1. The number of amides is 1. The van der Waals surface area contributed by atoms with E-state index in [0.29, 0.717) is 10.0 Å². The number of halogens is 1. The highest BCUT2D eigenvalue weighted by Crippen LogP contribution is 2.16. The molecule has 1 atom stereocenters. The molecule has 1 aliphatic rings. The lowest BCUT2D eigenvalue weighted by Gasteiger charge is -2.10. The Morgan fingerprint density at radius 2 is 2.06 bits per heavy atom. The van der Waals surface area contributed by atoms with Crippen molar-refractivity contribution in [2.75, 3.05) is 5.75 Å². The van der Waals surface area contributed by atoms with Gasteiger partial charge in [0, 0.05) is 9.88 Å². The van der Waals surface area contributed by atoms with E-state index in [1.807, 2.05) is 0 Å². The fraction of sp³-hybridized carbons (Fsp3) is 0.182. The van der Waals surface area contributed by atoms with Crippen LogP contribution < -0.4 is 5.32 Å². The van der Waals surface area contributed by atoms with Crippen molar-refractivity contribution in [3.63, 3.8) is 0 Å². The van der Waals surface area contributed by atoms with E-state index in [4.69, 9.17) is 0 Å². The molecule has 1 N–H and O–H groups in total. The molecule has 0 fully saturated rings. The highest BCUT2D eigenvalue weighted by atomic mass is 79.9.